The Morgan fingerprint density at radius 3 is 2.34 bits per heavy atom. The molecular weight excluding hydrogens is 470 g/mol. The highest BCUT2D eigenvalue weighted by molar-refractivity contribution is 5.86. The number of pyridine rings is 2. The first-order valence-electron chi connectivity index (χ1n) is 12.9. The van der Waals surface area contributed by atoms with Crippen LogP contribution in [-0.4, -0.2) is 47.7 Å². The molecule has 0 fully saturated rings. The Hall–Kier alpha value is -4.06. The maximum absolute atomic E-state index is 13.1. The van der Waals surface area contributed by atoms with E-state index in [9.17, 15) is 5.11 Å². The van der Waals surface area contributed by atoms with Crippen molar-refractivity contribution in [1.82, 2.24) is 14.9 Å². The van der Waals surface area contributed by atoms with E-state index in [1.165, 1.54) is 0 Å². The molecule has 5 heteroatoms. The van der Waals surface area contributed by atoms with E-state index < -0.39 is 11.5 Å². The molecule has 0 aliphatic carbocycles. The smallest absolute Gasteiger partial charge is 0.217 e. The Morgan fingerprint density at radius 2 is 1.61 bits per heavy atom. The summed E-state index contributed by atoms with van der Waals surface area (Å²) in [5.74, 6) is 0.0302. The minimum atomic E-state index is -1.27. The molecule has 0 aliphatic heterocycles. The fraction of sp³-hybridized carbons (Fsp3) is 0.212. The SMILES string of the molecule is COc1ncc(-c2ccccn2)cc1C(c1ccccc1)C(O)(CCN(C)C)c1cccc2ccccc12. The Bertz CT molecular complexity index is 1500. The monoisotopic (exact) mass is 503 g/mol. The van der Waals surface area contributed by atoms with Crippen LogP contribution in [0.2, 0.25) is 0 Å². The number of ether oxygens (including phenoxy) is 1. The van der Waals surface area contributed by atoms with Gasteiger partial charge in [-0.3, -0.25) is 4.98 Å². The number of benzene rings is 3. The van der Waals surface area contributed by atoms with E-state index >= 15 is 0 Å². The van der Waals surface area contributed by atoms with Gasteiger partial charge in [-0.05, 0) is 60.6 Å². The minimum Gasteiger partial charge on any atom is -0.481 e. The van der Waals surface area contributed by atoms with Crippen molar-refractivity contribution in [1.29, 1.82) is 0 Å². The van der Waals surface area contributed by atoms with Crippen LogP contribution < -0.4 is 4.74 Å². The number of aromatic nitrogens is 2. The first-order valence-corrected chi connectivity index (χ1v) is 12.9. The lowest BCUT2D eigenvalue weighted by atomic mass is 9.70. The highest BCUT2D eigenvalue weighted by Gasteiger charge is 2.43. The van der Waals surface area contributed by atoms with Crippen LogP contribution in [-0.2, 0) is 5.60 Å². The average molecular weight is 504 g/mol. The molecule has 5 nitrogen and oxygen atoms in total. The first kappa shape index (κ1) is 25.6. The number of methoxy groups -OCH3 is 1. The van der Waals surface area contributed by atoms with Gasteiger partial charge in [0, 0.05) is 36.0 Å². The number of rotatable bonds is 9. The van der Waals surface area contributed by atoms with Crippen molar-refractivity contribution < 1.29 is 9.84 Å². The molecule has 0 radical (unpaired) electrons. The Labute approximate surface area is 224 Å². The van der Waals surface area contributed by atoms with Crippen molar-refractivity contribution in [2.75, 3.05) is 27.7 Å². The summed E-state index contributed by atoms with van der Waals surface area (Å²) in [6.07, 6.45) is 4.06. The molecule has 0 saturated heterocycles. The average Bonchev–Trinajstić information content (AvgIpc) is 2.97. The van der Waals surface area contributed by atoms with Gasteiger partial charge < -0.3 is 14.7 Å². The topological polar surface area (TPSA) is 58.5 Å². The predicted octanol–water partition coefficient (Wildman–Crippen LogP) is 6.28. The van der Waals surface area contributed by atoms with Crippen molar-refractivity contribution in [3.63, 3.8) is 0 Å². The molecule has 192 valence electrons. The van der Waals surface area contributed by atoms with Crippen LogP contribution in [0.25, 0.3) is 22.0 Å². The molecule has 2 aromatic heterocycles. The van der Waals surface area contributed by atoms with Crippen LogP contribution in [0.5, 0.6) is 5.88 Å². The Morgan fingerprint density at radius 1 is 0.868 bits per heavy atom. The van der Waals surface area contributed by atoms with Crippen molar-refractivity contribution >= 4 is 10.8 Å². The van der Waals surface area contributed by atoms with Crippen molar-refractivity contribution in [3.8, 4) is 17.1 Å². The standard InChI is InChI=1S/C33H33N3O2/c1-36(2)21-19-33(37,29-17-11-15-24-12-7-8-16-27(24)29)31(25-13-5-4-6-14-25)28-22-26(23-35-32(28)38-3)30-18-9-10-20-34-30/h4-18,20,22-23,31,37H,19,21H2,1-3H3. The lowest BCUT2D eigenvalue weighted by Gasteiger charge is -2.39. The van der Waals surface area contributed by atoms with Crippen LogP contribution in [0.1, 0.15) is 29.0 Å². The van der Waals surface area contributed by atoms with E-state index in [1.807, 2.05) is 68.7 Å². The lowest BCUT2D eigenvalue weighted by Crippen LogP contribution is -2.38. The molecule has 5 rings (SSSR count). The van der Waals surface area contributed by atoms with E-state index in [0.29, 0.717) is 18.8 Å². The van der Waals surface area contributed by atoms with Crippen LogP contribution in [0, 0.1) is 0 Å². The van der Waals surface area contributed by atoms with Crippen LogP contribution >= 0.6 is 0 Å². The van der Waals surface area contributed by atoms with Crippen LogP contribution in [0.15, 0.2) is 109 Å². The summed E-state index contributed by atoms with van der Waals surface area (Å²) in [5, 5.41) is 15.2. The van der Waals surface area contributed by atoms with E-state index in [2.05, 4.69) is 52.3 Å². The van der Waals surface area contributed by atoms with Gasteiger partial charge in [-0.2, -0.15) is 0 Å². The second kappa shape index (κ2) is 11.1. The molecule has 0 bridgehead atoms. The maximum atomic E-state index is 13.1. The Balaban J connectivity index is 1.81. The zero-order valence-corrected chi connectivity index (χ0v) is 22.1. The van der Waals surface area contributed by atoms with Gasteiger partial charge in [0.1, 0.15) is 5.60 Å². The van der Waals surface area contributed by atoms with E-state index in [-0.39, 0.29) is 0 Å². The predicted molar refractivity (Wildman–Crippen MR) is 153 cm³/mol. The third-order valence-electron chi connectivity index (χ3n) is 7.15. The molecule has 0 saturated carbocycles. The summed E-state index contributed by atoms with van der Waals surface area (Å²) >= 11 is 0. The fourth-order valence-electron chi connectivity index (χ4n) is 5.31. The maximum Gasteiger partial charge on any atom is 0.217 e. The summed E-state index contributed by atoms with van der Waals surface area (Å²) in [4.78, 5) is 11.4. The van der Waals surface area contributed by atoms with Crippen LogP contribution in [0.4, 0.5) is 0 Å². The molecule has 5 aromatic rings. The normalized spacial score (nSPS) is 13.8. The zero-order valence-electron chi connectivity index (χ0n) is 22.1. The summed E-state index contributed by atoms with van der Waals surface area (Å²) in [5.41, 5.74) is 3.10. The van der Waals surface area contributed by atoms with Crippen molar-refractivity contribution in [2.45, 2.75) is 17.9 Å². The first-order chi connectivity index (χ1) is 18.5. The molecule has 3 aromatic carbocycles. The molecule has 0 spiro atoms. The highest BCUT2D eigenvalue weighted by Crippen LogP contribution is 2.48. The largest absolute Gasteiger partial charge is 0.481 e. The zero-order chi connectivity index (χ0) is 26.5. The second-order valence-corrected chi connectivity index (χ2v) is 9.89. The number of hydrogen-bond donors (Lipinski definition) is 1. The quantitative estimate of drug-likeness (QED) is 0.257. The second-order valence-electron chi connectivity index (χ2n) is 9.89. The number of nitrogens with zero attached hydrogens (tertiary/aromatic N) is 3. The molecular formula is C33H33N3O2. The van der Waals surface area contributed by atoms with E-state index in [1.54, 1.807) is 19.5 Å². The number of hydrogen-bond acceptors (Lipinski definition) is 5. The van der Waals surface area contributed by atoms with Gasteiger partial charge in [0.25, 0.3) is 0 Å². The van der Waals surface area contributed by atoms with E-state index in [4.69, 9.17) is 9.72 Å². The van der Waals surface area contributed by atoms with Gasteiger partial charge in [-0.15, -0.1) is 0 Å². The third-order valence-corrected chi connectivity index (χ3v) is 7.15. The Kier molecular flexibility index (Phi) is 7.50. The summed E-state index contributed by atoms with van der Waals surface area (Å²) < 4.78 is 5.83. The lowest BCUT2D eigenvalue weighted by molar-refractivity contribution is 0.00516. The van der Waals surface area contributed by atoms with Crippen molar-refractivity contribution in [3.05, 3.63) is 126 Å². The molecule has 0 aliphatic rings. The van der Waals surface area contributed by atoms with E-state index in [0.717, 1.165) is 38.7 Å². The summed E-state index contributed by atoms with van der Waals surface area (Å²) in [6, 6.07) is 32.5. The third kappa shape index (κ3) is 5.03. The van der Waals surface area contributed by atoms with Gasteiger partial charge in [-0.25, -0.2) is 4.98 Å². The van der Waals surface area contributed by atoms with Crippen molar-refractivity contribution in [2.24, 2.45) is 0 Å². The minimum absolute atomic E-state index is 0.458. The summed E-state index contributed by atoms with van der Waals surface area (Å²) in [6.45, 7) is 0.693. The van der Waals surface area contributed by atoms with Gasteiger partial charge in [0.15, 0.2) is 0 Å². The molecule has 2 unspecified atom stereocenters. The fourth-order valence-corrected chi connectivity index (χ4v) is 5.31. The number of fused-ring (bicyclic) bond motifs is 1. The molecule has 38 heavy (non-hydrogen) atoms. The molecule has 2 atom stereocenters. The van der Waals surface area contributed by atoms with Gasteiger partial charge in [-0.1, -0.05) is 78.9 Å². The molecule has 2 heterocycles. The van der Waals surface area contributed by atoms with Gasteiger partial charge >= 0.3 is 0 Å². The summed E-state index contributed by atoms with van der Waals surface area (Å²) in [7, 11) is 5.70. The number of aliphatic hydroxyl groups is 1. The highest BCUT2D eigenvalue weighted by atomic mass is 16.5. The van der Waals surface area contributed by atoms with Gasteiger partial charge in [0.2, 0.25) is 5.88 Å². The molecule has 1 N–H and O–H groups in total. The van der Waals surface area contributed by atoms with Gasteiger partial charge in [0.05, 0.1) is 12.8 Å². The molecule has 0 amide bonds. The van der Waals surface area contributed by atoms with Crippen LogP contribution in [0.3, 0.4) is 0 Å².